The van der Waals surface area contributed by atoms with E-state index < -0.39 is 6.10 Å². The van der Waals surface area contributed by atoms with E-state index >= 15 is 0 Å². The van der Waals surface area contributed by atoms with Gasteiger partial charge >= 0.3 is 0 Å². The van der Waals surface area contributed by atoms with Crippen molar-refractivity contribution >= 4 is 0 Å². The number of rotatable bonds is 8. The third kappa shape index (κ3) is 5.27. The Kier molecular flexibility index (Phi) is 6.90. The predicted molar refractivity (Wildman–Crippen MR) is 123 cm³/mol. The minimum atomic E-state index is -0.562. The molecule has 3 aromatic carbocycles. The van der Waals surface area contributed by atoms with E-state index in [0.717, 1.165) is 46.6 Å². The SMILES string of the molecule is CC(C)NC1CCc2c(ccc(OCc3ccccc3)c2OCc2ccccc2)C1O. The Balaban J connectivity index is 1.61. The third-order valence-electron chi connectivity index (χ3n) is 5.68. The van der Waals surface area contributed by atoms with Gasteiger partial charge in [0.2, 0.25) is 0 Å². The molecule has 31 heavy (non-hydrogen) atoms. The van der Waals surface area contributed by atoms with Crippen LogP contribution in [0.15, 0.2) is 72.8 Å². The molecule has 0 bridgehead atoms. The molecule has 0 saturated carbocycles. The Morgan fingerprint density at radius 1 is 0.871 bits per heavy atom. The molecule has 0 fully saturated rings. The Labute approximate surface area is 184 Å². The quantitative estimate of drug-likeness (QED) is 0.530. The minimum Gasteiger partial charge on any atom is -0.485 e. The maximum Gasteiger partial charge on any atom is 0.165 e. The maximum atomic E-state index is 11.0. The van der Waals surface area contributed by atoms with Gasteiger partial charge in [0.15, 0.2) is 11.5 Å². The first-order valence-electron chi connectivity index (χ1n) is 11.0. The van der Waals surface area contributed by atoms with Crippen LogP contribution in [0.25, 0.3) is 0 Å². The summed E-state index contributed by atoms with van der Waals surface area (Å²) in [5.74, 6) is 1.47. The van der Waals surface area contributed by atoms with Gasteiger partial charge in [-0.2, -0.15) is 0 Å². The number of benzene rings is 3. The van der Waals surface area contributed by atoms with E-state index in [0.29, 0.717) is 19.3 Å². The molecule has 1 aliphatic carbocycles. The zero-order valence-electron chi connectivity index (χ0n) is 18.3. The second-order valence-electron chi connectivity index (χ2n) is 8.42. The van der Waals surface area contributed by atoms with Gasteiger partial charge in [0.25, 0.3) is 0 Å². The molecule has 2 unspecified atom stereocenters. The van der Waals surface area contributed by atoms with Crippen molar-refractivity contribution in [1.82, 2.24) is 5.32 Å². The molecule has 0 spiro atoms. The largest absolute Gasteiger partial charge is 0.485 e. The van der Waals surface area contributed by atoms with Crippen molar-refractivity contribution in [3.05, 3.63) is 95.1 Å². The molecule has 0 aromatic heterocycles. The van der Waals surface area contributed by atoms with Crippen molar-refractivity contribution in [2.45, 2.75) is 58.1 Å². The van der Waals surface area contributed by atoms with Gasteiger partial charge in [-0.1, -0.05) is 80.6 Å². The van der Waals surface area contributed by atoms with E-state index in [9.17, 15) is 5.11 Å². The molecule has 4 heteroatoms. The topological polar surface area (TPSA) is 50.7 Å². The van der Waals surface area contributed by atoms with Crippen LogP contribution in [0.3, 0.4) is 0 Å². The molecular formula is C27H31NO3. The van der Waals surface area contributed by atoms with Crippen LogP contribution in [0.5, 0.6) is 11.5 Å². The highest BCUT2D eigenvalue weighted by atomic mass is 16.5. The first-order valence-corrected chi connectivity index (χ1v) is 11.0. The Morgan fingerprint density at radius 2 is 1.48 bits per heavy atom. The molecule has 162 valence electrons. The Bertz CT molecular complexity index is 973. The second-order valence-corrected chi connectivity index (χ2v) is 8.42. The predicted octanol–water partition coefficient (Wildman–Crippen LogP) is 5.19. The van der Waals surface area contributed by atoms with Crippen LogP contribution in [-0.2, 0) is 19.6 Å². The van der Waals surface area contributed by atoms with Crippen LogP contribution in [0.2, 0.25) is 0 Å². The summed E-state index contributed by atoms with van der Waals surface area (Å²) in [6.07, 6.45) is 1.13. The molecule has 3 aromatic rings. The van der Waals surface area contributed by atoms with Crippen LogP contribution in [0, 0.1) is 0 Å². The molecule has 0 saturated heterocycles. The minimum absolute atomic E-state index is 0.0468. The van der Waals surface area contributed by atoms with E-state index in [1.54, 1.807) is 0 Å². The molecule has 1 aliphatic rings. The van der Waals surface area contributed by atoms with Gasteiger partial charge in [0.05, 0.1) is 6.10 Å². The highest BCUT2D eigenvalue weighted by Crippen LogP contribution is 2.42. The lowest BCUT2D eigenvalue weighted by Gasteiger charge is -2.33. The molecular weight excluding hydrogens is 386 g/mol. The van der Waals surface area contributed by atoms with E-state index in [1.807, 2.05) is 48.5 Å². The summed E-state index contributed by atoms with van der Waals surface area (Å²) in [5.41, 5.74) is 4.19. The highest BCUT2D eigenvalue weighted by molar-refractivity contribution is 5.53. The molecule has 0 radical (unpaired) electrons. The number of hydrogen-bond acceptors (Lipinski definition) is 4. The third-order valence-corrected chi connectivity index (χ3v) is 5.68. The monoisotopic (exact) mass is 417 g/mol. The molecule has 0 amide bonds. The Morgan fingerprint density at radius 3 is 2.10 bits per heavy atom. The summed E-state index contributed by atoms with van der Waals surface area (Å²) in [7, 11) is 0. The summed E-state index contributed by atoms with van der Waals surface area (Å²) in [6, 6.07) is 24.5. The van der Waals surface area contributed by atoms with Crippen molar-refractivity contribution in [3.8, 4) is 11.5 Å². The van der Waals surface area contributed by atoms with E-state index in [2.05, 4.69) is 43.4 Å². The van der Waals surface area contributed by atoms with Crippen molar-refractivity contribution in [2.24, 2.45) is 0 Å². The first-order chi connectivity index (χ1) is 15.1. The van der Waals surface area contributed by atoms with Gasteiger partial charge in [-0.05, 0) is 35.6 Å². The van der Waals surface area contributed by atoms with Crippen molar-refractivity contribution < 1.29 is 14.6 Å². The number of ether oxygens (including phenoxy) is 2. The second kappa shape index (κ2) is 9.99. The number of nitrogens with one attached hydrogen (secondary N) is 1. The zero-order valence-corrected chi connectivity index (χ0v) is 18.3. The van der Waals surface area contributed by atoms with Gasteiger partial charge in [-0.3, -0.25) is 0 Å². The lowest BCUT2D eigenvalue weighted by Crippen LogP contribution is -2.42. The standard InChI is InChI=1S/C27H31NO3/c1-19(2)28-24-15-13-23-22(26(24)29)14-16-25(30-17-20-9-5-3-6-10-20)27(23)31-18-21-11-7-4-8-12-21/h3-12,14,16,19,24,26,28-29H,13,15,17-18H2,1-2H3. The highest BCUT2D eigenvalue weighted by Gasteiger charge is 2.31. The van der Waals surface area contributed by atoms with Gasteiger partial charge in [0, 0.05) is 17.6 Å². The van der Waals surface area contributed by atoms with Crippen LogP contribution in [0.1, 0.15) is 48.6 Å². The molecule has 2 N–H and O–H groups in total. The fraction of sp³-hybridized carbons (Fsp3) is 0.333. The van der Waals surface area contributed by atoms with Crippen LogP contribution in [-0.4, -0.2) is 17.2 Å². The fourth-order valence-corrected chi connectivity index (χ4v) is 4.17. The molecule has 0 aliphatic heterocycles. The molecule has 4 rings (SSSR count). The molecule has 0 heterocycles. The van der Waals surface area contributed by atoms with Crippen LogP contribution >= 0.6 is 0 Å². The van der Waals surface area contributed by atoms with Gasteiger partial charge in [-0.25, -0.2) is 0 Å². The van der Waals surface area contributed by atoms with Crippen LogP contribution < -0.4 is 14.8 Å². The van der Waals surface area contributed by atoms with Gasteiger partial charge in [-0.15, -0.1) is 0 Å². The number of hydrogen-bond donors (Lipinski definition) is 2. The number of aliphatic hydroxyl groups is 1. The summed E-state index contributed by atoms with van der Waals surface area (Å²) in [6.45, 7) is 5.15. The van der Waals surface area contributed by atoms with Crippen molar-refractivity contribution in [1.29, 1.82) is 0 Å². The summed E-state index contributed by atoms with van der Waals surface area (Å²) >= 11 is 0. The Hall–Kier alpha value is -2.82. The normalized spacial score (nSPS) is 17.9. The van der Waals surface area contributed by atoms with Crippen LogP contribution in [0.4, 0.5) is 0 Å². The molecule has 2 atom stereocenters. The maximum absolute atomic E-state index is 11.0. The first kappa shape index (κ1) is 21.4. The molecule has 4 nitrogen and oxygen atoms in total. The summed E-state index contributed by atoms with van der Waals surface area (Å²) in [5, 5.41) is 14.5. The lowest BCUT2D eigenvalue weighted by atomic mass is 9.84. The lowest BCUT2D eigenvalue weighted by molar-refractivity contribution is 0.109. The van der Waals surface area contributed by atoms with E-state index in [4.69, 9.17) is 9.47 Å². The van der Waals surface area contributed by atoms with Gasteiger partial charge < -0.3 is 19.9 Å². The summed E-state index contributed by atoms with van der Waals surface area (Å²) in [4.78, 5) is 0. The smallest absolute Gasteiger partial charge is 0.165 e. The average molecular weight is 418 g/mol. The van der Waals surface area contributed by atoms with Crippen molar-refractivity contribution in [2.75, 3.05) is 0 Å². The van der Waals surface area contributed by atoms with Crippen molar-refractivity contribution in [3.63, 3.8) is 0 Å². The zero-order chi connectivity index (χ0) is 21.6. The van der Waals surface area contributed by atoms with Gasteiger partial charge in [0.1, 0.15) is 13.2 Å². The summed E-state index contributed by atoms with van der Waals surface area (Å²) < 4.78 is 12.5. The number of fused-ring (bicyclic) bond motifs is 1. The number of aliphatic hydroxyl groups excluding tert-OH is 1. The van der Waals surface area contributed by atoms with E-state index in [-0.39, 0.29) is 6.04 Å². The average Bonchev–Trinajstić information content (AvgIpc) is 2.79. The fourth-order valence-electron chi connectivity index (χ4n) is 4.17. The van der Waals surface area contributed by atoms with E-state index in [1.165, 1.54) is 0 Å².